The van der Waals surface area contributed by atoms with E-state index in [9.17, 15) is 14.7 Å². The molecule has 1 unspecified atom stereocenters. The van der Waals surface area contributed by atoms with Gasteiger partial charge in [-0.3, -0.25) is 14.9 Å². The summed E-state index contributed by atoms with van der Waals surface area (Å²) in [5.74, 6) is -0.992. The van der Waals surface area contributed by atoms with Crippen molar-refractivity contribution in [3.8, 4) is 11.1 Å². The Bertz CT molecular complexity index is 1120. The summed E-state index contributed by atoms with van der Waals surface area (Å²) in [6.07, 6.45) is -0.834. The van der Waals surface area contributed by atoms with Gasteiger partial charge in [0.1, 0.15) is 0 Å². The second-order valence-electron chi connectivity index (χ2n) is 6.27. The van der Waals surface area contributed by atoms with E-state index in [-0.39, 0.29) is 16.1 Å². The average molecular weight is 389 g/mol. The molecule has 0 saturated heterocycles. The number of aryl methyl sites for hydroxylation is 1. The number of fused-ring (bicyclic) bond motifs is 3. The number of hydrogen-bond acceptors (Lipinski definition) is 3. The molecule has 2 aromatic carbocycles. The molecule has 0 aliphatic carbocycles. The van der Waals surface area contributed by atoms with Crippen molar-refractivity contribution in [3.05, 3.63) is 57.2 Å². The first-order valence-corrected chi connectivity index (χ1v) is 8.72. The highest BCUT2D eigenvalue weighted by Gasteiger charge is 2.35. The molecular formula is C19H14Cl2N2O3. The summed E-state index contributed by atoms with van der Waals surface area (Å²) in [5, 5.41) is 13.6. The molecule has 0 spiro atoms. The molecule has 2 N–H and O–H groups in total. The third-order valence-electron chi connectivity index (χ3n) is 4.71. The van der Waals surface area contributed by atoms with Crippen molar-refractivity contribution >= 4 is 45.9 Å². The largest absolute Gasteiger partial charge is 0.387 e. The molecule has 5 nitrogen and oxygen atoms in total. The topological polar surface area (TPSA) is 71.3 Å². The summed E-state index contributed by atoms with van der Waals surface area (Å²) in [7, 11) is 1.76. The first-order chi connectivity index (χ1) is 12.3. The van der Waals surface area contributed by atoms with Crippen molar-refractivity contribution in [2.45, 2.75) is 13.0 Å². The number of imide groups is 1. The second-order valence-corrected chi connectivity index (χ2v) is 7.05. The summed E-state index contributed by atoms with van der Waals surface area (Å²) in [5.41, 5.74) is 2.79. The van der Waals surface area contributed by atoms with E-state index < -0.39 is 17.9 Å². The Hall–Kier alpha value is -2.34. The van der Waals surface area contributed by atoms with E-state index in [0.29, 0.717) is 32.7 Å². The van der Waals surface area contributed by atoms with Gasteiger partial charge in [-0.15, -0.1) is 0 Å². The van der Waals surface area contributed by atoms with E-state index in [2.05, 4.69) is 5.32 Å². The van der Waals surface area contributed by atoms with Crippen LogP contribution in [0.25, 0.3) is 22.0 Å². The Labute approximate surface area is 159 Å². The predicted molar refractivity (Wildman–Crippen MR) is 101 cm³/mol. The van der Waals surface area contributed by atoms with Crippen LogP contribution in [0.3, 0.4) is 0 Å². The minimum absolute atomic E-state index is 0.218. The van der Waals surface area contributed by atoms with Gasteiger partial charge in [0, 0.05) is 23.0 Å². The fourth-order valence-corrected chi connectivity index (χ4v) is 4.32. The molecule has 7 heteroatoms. The van der Waals surface area contributed by atoms with Crippen molar-refractivity contribution in [2.75, 3.05) is 0 Å². The first kappa shape index (κ1) is 17.1. The van der Waals surface area contributed by atoms with Crippen molar-refractivity contribution < 1.29 is 14.7 Å². The number of aromatic nitrogens is 1. The Balaban J connectivity index is 2.21. The molecular weight excluding hydrogens is 375 g/mol. The van der Waals surface area contributed by atoms with Crippen LogP contribution in [0.15, 0.2) is 30.3 Å². The standard InChI is InChI=1S/C19H14Cl2N2O3/c1-8(24)17-16(21)14-12(23(17)2)7-10(9-5-3-4-6-11(9)20)13-15(14)19(26)22-18(13)25/h3-8,24H,1-2H3,(H,22,25,26). The van der Waals surface area contributed by atoms with Crippen LogP contribution in [0, 0.1) is 0 Å². The lowest BCUT2D eigenvalue weighted by atomic mass is 9.94. The highest BCUT2D eigenvalue weighted by atomic mass is 35.5. The minimum atomic E-state index is -0.834. The second kappa shape index (κ2) is 5.84. The fourth-order valence-electron chi connectivity index (χ4n) is 3.61. The average Bonchev–Trinajstić information content (AvgIpc) is 3.01. The number of amides is 2. The van der Waals surface area contributed by atoms with Crippen molar-refractivity contribution in [1.29, 1.82) is 0 Å². The SMILES string of the molecule is CC(O)c1c(Cl)c2c3c(c(-c4ccccc4Cl)cc2n1C)C(=O)NC3=O. The van der Waals surface area contributed by atoms with Gasteiger partial charge in [-0.2, -0.15) is 0 Å². The maximum Gasteiger partial charge on any atom is 0.259 e. The molecule has 132 valence electrons. The van der Waals surface area contributed by atoms with Crippen LogP contribution in [0.2, 0.25) is 10.0 Å². The lowest BCUT2D eigenvalue weighted by Crippen LogP contribution is -2.20. The number of aliphatic hydroxyl groups excluding tert-OH is 1. The summed E-state index contributed by atoms with van der Waals surface area (Å²) in [6.45, 7) is 1.60. The van der Waals surface area contributed by atoms with Crippen LogP contribution in [-0.2, 0) is 7.05 Å². The summed E-state index contributed by atoms with van der Waals surface area (Å²) >= 11 is 12.8. The monoisotopic (exact) mass is 388 g/mol. The Morgan fingerprint density at radius 3 is 2.38 bits per heavy atom. The smallest absolute Gasteiger partial charge is 0.259 e. The Kier molecular flexibility index (Phi) is 3.84. The molecule has 0 radical (unpaired) electrons. The summed E-state index contributed by atoms with van der Waals surface area (Å²) in [6, 6.07) is 8.90. The number of halogens is 2. The van der Waals surface area contributed by atoms with Gasteiger partial charge >= 0.3 is 0 Å². The molecule has 0 fully saturated rings. The van der Waals surface area contributed by atoms with Gasteiger partial charge in [-0.05, 0) is 24.6 Å². The number of nitrogens with one attached hydrogen (secondary N) is 1. The molecule has 1 aliphatic heterocycles. The van der Waals surface area contributed by atoms with Crippen LogP contribution < -0.4 is 5.32 Å². The van der Waals surface area contributed by atoms with Gasteiger partial charge in [0.15, 0.2) is 0 Å². The molecule has 1 aliphatic rings. The molecule has 3 aromatic rings. The zero-order valence-corrected chi connectivity index (χ0v) is 15.4. The molecule has 4 rings (SSSR count). The molecule has 0 saturated carbocycles. The number of nitrogens with zero attached hydrogens (tertiary/aromatic N) is 1. The maximum absolute atomic E-state index is 12.5. The van der Waals surface area contributed by atoms with Crippen LogP contribution in [0.1, 0.15) is 39.4 Å². The Morgan fingerprint density at radius 1 is 1.08 bits per heavy atom. The van der Waals surface area contributed by atoms with E-state index >= 15 is 0 Å². The molecule has 0 bridgehead atoms. The van der Waals surface area contributed by atoms with Crippen molar-refractivity contribution in [2.24, 2.45) is 7.05 Å². The number of carbonyl (C=O) groups excluding carboxylic acids is 2. The predicted octanol–water partition coefficient (Wildman–Crippen LogP) is 4.09. The van der Waals surface area contributed by atoms with E-state index in [1.54, 1.807) is 42.8 Å². The fraction of sp³-hybridized carbons (Fsp3) is 0.158. The molecule has 2 heterocycles. The van der Waals surface area contributed by atoms with Gasteiger partial charge in [-0.25, -0.2) is 0 Å². The van der Waals surface area contributed by atoms with Gasteiger partial charge < -0.3 is 9.67 Å². The van der Waals surface area contributed by atoms with Crippen molar-refractivity contribution in [3.63, 3.8) is 0 Å². The Morgan fingerprint density at radius 2 is 1.73 bits per heavy atom. The lowest BCUT2D eigenvalue weighted by Gasteiger charge is -2.11. The van der Waals surface area contributed by atoms with E-state index in [1.165, 1.54) is 0 Å². The third kappa shape index (κ3) is 2.21. The normalized spacial score (nSPS) is 14.7. The maximum atomic E-state index is 12.5. The molecule has 1 atom stereocenters. The van der Waals surface area contributed by atoms with Crippen molar-refractivity contribution in [1.82, 2.24) is 9.88 Å². The molecule has 2 amide bonds. The number of benzene rings is 2. The van der Waals surface area contributed by atoms with E-state index in [4.69, 9.17) is 23.2 Å². The van der Waals surface area contributed by atoms with Gasteiger partial charge in [-0.1, -0.05) is 41.4 Å². The highest BCUT2D eigenvalue weighted by molar-refractivity contribution is 6.41. The number of carbonyl (C=O) groups is 2. The number of hydrogen-bond donors (Lipinski definition) is 2. The van der Waals surface area contributed by atoms with Crippen LogP contribution in [0.4, 0.5) is 0 Å². The molecule has 26 heavy (non-hydrogen) atoms. The zero-order valence-electron chi connectivity index (χ0n) is 13.9. The highest BCUT2D eigenvalue weighted by Crippen LogP contribution is 2.43. The minimum Gasteiger partial charge on any atom is -0.387 e. The van der Waals surface area contributed by atoms with E-state index in [0.717, 1.165) is 0 Å². The molecule has 1 aromatic heterocycles. The van der Waals surface area contributed by atoms with Gasteiger partial charge in [0.05, 0.1) is 33.5 Å². The first-order valence-electron chi connectivity index (χ1n) is 7.96. The number of aliphatic hydroxyl groups is 1. The lowest BCUT2D eigenvalue weighted by molar-refractivity contribution is 0.0880. The number of rotatable bonds is 2. The summed E-state index contributed by atoms with van der Waals surface area (Å²) in [4.78, 5) is 25.0. The van der Waals surface area contributed by atoms with Gasteiger partial charge in [0.25, 0.3) is 11.8 Å². The van der Waals surface area contributed by atoms with Crippen LogP contribution >= 0.6 is 23.2 Å². The summed E-state index contributed by atoms with van der Waals surface area (Å²) < 4.78 is 1.74. The van der Waals surface area contributed by atoms with Crippen LogP contribution in [-0.4, -0.2) is 21.5 Å². The quantitative estimate of drug-likeness (QED) is 0.649. The van der Waals surface area contributed by atoms with E-state index in [1.807, 2.05) is 6.07 Å². The van der Waals surface area contributed by atoms with Gasteiger partial charge in [0.2, 0.25) is 0 Å². The zero-order chi connectivity index (χ0) is 18.7. The third-order valence-corrected chi connectivity index (χ3v) is 5.43. The van der Waals surface area contributed by atoms with Crippen LogP contribution in [0.5, 0.6) is 0 Å².